The highest BCUT2D eigenvalue weighted by Gasteiger charge is 2.16. The Balaban J connectivity index is 1.85. The van der Waals surface area contributed by atoms with Gasteiger partial charge in [0.05, 0.1) is 16.1 Å². The number of nitro groups is 2. The smallest absolute Gasteiger partial charge is 0.287 e. The van der Waals surface area contributed by atoms with Crippen LogP contribution >= 0.6 is 0 Å². The number of carbonyl (C=O) groups excluding carboxylic acids is 2. The van der Waals surface area contributed by atoms with Gasteiger partial charge in [0.2, 0.25) is 0 Å². The Bertz CT molecular complexity index is 1410. The van der Waals surface area contributed by atoms with E-state index in [1.54, 1.807) is 18.2 Å². The van der Waals surface area contributed by atoms with E-state index in [0.717, 1.165) is 18.8 Å². The quantitative estimate of drug-likeness (QED) is 0.162. The van der Waals surface area contributed by atoms with Crippen molar-refractivity contribution in [1.29, 1.82) is 0 Å². The first kappa shape index (κ1) is 28.2. The molecule has 3 rings (SSSR count). The van der Waals surface area contributed by atoms with Gasteiger partial charge < -0.3 is 10.2 Å². The minimum atomic E-state index is -0.750. The van der Waals surface area contributed by atoms with Crippen molar-refractivity contribution in [3.05, 3.63) is 115 Å². The molecule has 0 radical (unpaired) electrons. The van der Waals surface area contributed by atoms with Gasteiger partial charge in [0.1, 0.15) is 5.70 Å². The van der Waals surface area contributed by atoms with Crippen molar-refractivity contribution < 1.29 is 19.4 Å². The number of nitro benzene ring substituents is 2. The van der Waals surface area contributed by atoms with E-state index in [1.165, 1.54) is 54.8 Å². The Hall–Kier alpha value is -5.39. The molecular weight excluding hydrogens is 504 g/mol. The molecule has 0 saturated heterocycles. The SMILES string of the molecule is CCN(CC)c1ccc(C=C(NC(=O)c2ccc([N+](=O)[O-])cc2)C(=O)NN=Cc2cccc([N+](=O)[O-])c2)cc1. The fourth-order valence-electron chi connectivity index (χ4n) is 3.57. The van der Waals surface area contributed by atoms with Crippen molar-refractivity contribution in [2.24, 2.45) is 5.10 Å². The molecule has 0 atom stereocenters. The molecule has 0 aliphatic heterocycles. The third-order valence-electron chi connectivity index (χ3n) is 5.63. The molecule has 0 fully saturated rings. The first-order valence-electron chi connectivity index (χ1n) is 11.9. The Morgan fingerprint density at radius 2 is 1.51 bits per heavy atom. The van der Waals surface area contributed by atoms with Crippen molar-refractivity contribution in [1.82, 2.24) is 10.7 Å². The second kappa shape index (κ2) is 13.2. The summed E-state index contributed by atoms with van der Waals surface area (Å²) in [6.07, 6.45) is 2.70. The van der Waals surface area contributed by atoms with Crippen LogP contribution in [-0.4, -0.2) is 41.0 Å². The van der Waals surface area contributed by atoms with Gasteiger partial charge in [0.25, 0.3) is 23.2 Å². The van der Waals surface area contributed by atoms with Gasteiger partial charge in [-0.15, -0.1) is 0 Å². The molecule has 0 aliphatic carbocycles. The average molecular weight is 531 g/mol. The molecule has 3 aromatic rings. The number of amides is 2. The van der Waals surface area contributed by atoms with Crippen LogP contribution in [0.2, 0.25) is 0 Å². The van der Waals surface area contributed by atoms with Crippen molar-refractivity contribution in [3.63, 3.8) is 0 Å². The standard InChI is InChI=1S/C27H26N6O6/c1-3-31(4-2)22-12-8-19(9-13-22)17-25(29-26(34)21-10-14-23(15-11-21)32(36)37)27(35)30-28-18-20-6-5-7-24(16-20)33(38)39/h5-18H,3-4H2,1-2H3,(H,29,34)(H,30,35). The lowest BCUT2D eigenvalue weighted by atomic mass is 10.1. The van der Waals surface area contributed by atoms with E-state index in [1.807, 2.05) is 26.0 Å². The number of nitrogens with zero attached hydrogens (tertiary/aromatic N) is 4. The molecule has 12 heteroatoms. The lowest BCUT2D eigenvalue weighted by Crippen LogP contribution is -2.32. The first-order chi connectivity index (χ1) is 18.7. The van der Waals surface area contributed by atoms with Gasteiger partial charge in [0, 0.05) is 54.2 Å². The maximum Gasteiger partial charge on any atom is 0.287 e. The topological polar surface area (TPSA) is 160 Å². The maximum absolute atomic E-state index is 13.0. The normalized spacial score (nSPS) is 11.2. The van der Waals surface area contributed by atoms with Crippen LogP contribution in [0.1, 0.15) is 35.3 Å². The highest BCUT2D eigenvalue weighted by Crippen LogP contribution is 2.17. The lowest BCUT2D eigenvalue weighted by Gasteiger charge is -2.20. The molecule has 2 N–H and O–H groups in total. The Morgan fingerprint density at radius 1 is 0.872 bits per heavy atom. The summed E-state index contributed by atoms with van der Waals surface area (Å²) in [5.74, 6) is -1.41. The largest absolute Gasteiger partial charge is 0.372 e. The fraction of sp³-hybridized carbons (Fsp3) is 0.148. The zero-order valence-corrected chi connectivity index (χ0v) is 21.2. The summed E-state index contributed by atoms with van der Waals surface area (Å²) >= 11 is 0. The average Bonchev–Trinajstić information content (AvgIpc) is 2.94. The summed E-state index contributed by atoms with van der Waals surface area (Å²) in [4.78, 5) is 48.7. The van der Waals surface area contributed by atoms with Crippen molar-refractivity contribution in [2.45, 2.75) is 13.8 Å². The molecule has 3 aromatic carbocycles. The van der Waals surface area contributed by atoms with E-state index in [2.05, 4.69) is 20.7 Å². The number of carbonyl (C=O) groups is 2. The molecule has 2 amide bonds. The Kier molecular flexibility index (Phi) is 9.57. The molecule has 0 heterocycles. The molecule has 39 heavy (non-hydrogen) atoms. The molecule has 200 valence electrons. The number of anilines is 1. The summed E-state index contributed by atoms with van der Waals surface area (Å²) in [5, 5.41) is 28.3. The molecule has 0 unspecified atom stereocenters. The number of nitrogens with one attached hydrogen (secondary N) is 2. The number of hydrogen-bond acceptors (Lipinski definition) is 8. The third kappa shape index (κ3) is 7.79. The van der Waals surface area contributed by atoms with Crippen LogP contribution < -0.4 is 15.6 Å². The van der Waals surface area contributed by atoms with Gasteiger partial charge in [0.15, 0.2) is 0 Å². The van der Waals surface area contributed by atoms with Crippen LogP contribution in [0.5, 0.6) is 0 Å². The minimum absolute atomic E-state index is 0.108. The van der Waals surface area contributed by atoms with Gasteiger partial charge in [-0.05, 0) is 49.8 Å². The molecular formula is C27H26N6O6. The monoisotopic (exact) mass is 530 g/mol. The number of hydrogen-bond donors (Lipinski definition) is 2. The molecule has 0 bridgehead atoms. The minimum Gasteiger partial charge on any atom is -0.372 e. The summed E-state index contributed by atoms with van der Waals surface area (Å²) in [7, 11) is 0. The van der Waals surface area contributed by atoms with Crippen molar-refractivity contribution >= 4 is 41.2 Å². The summed E-state index contributed by atoms with van der Waals surface area (Å²) in [6.45, 7) is 5.74. The summed E-state index contributed by atoms with van der Waals surface area (Å²) in [6, 6.07) is 18.0. The van der Waals surface area contributed by atoms with E-state index in [-0.39, 0.29) is 22.6 Å². The van der Waals surface area contributed by atoms with Crippen LogP contribution in [-0.2, 0) is 4.79 Å². The van der Waals surface area contributed by atoms with E-state index >= 15 is 0 Å². The summed E-state index contributed by atoms with van der Waals surface area (Å²) in [5.41, 5.74) is 3.99. The van der Waals surface area contributed by atoms with Gasteiger partial charge in [-0.3, -0.25) is 29.8 Å². The van der Waals surface area contributed by atoms with Crippen LogP contribution in [0.25, 0.3) is 6.08 Å². The van der Waals surface area contributed by atoms with Gasteiger partial charge >= 0.3 is 0 Å². The van der Waals surface area contributed by atoms with Crippen molar-refractivity contribution in [2.75, 3.05) is 18.0 Å². The number of rotatable bonds is 11. The number of benzene rings is 3. The lowest BCUT2D eigenvalue weighted by molar-refractivity contribution is -0.385. The molecule has 0 aromatic heterocycles. The van der Waals surface area contributed by atoms with E-state index in [0.29, 0.717) is 11.1 Å². The number of hydrazone groups is 1. The zero-order valence-electron chi connectivity index (χ0n) is 21.2. The van der Waals surface area contributed by atoms with Gasteiger partial charge in [-0.25, -0.2) is 5.43 Å². The van der Waals surface area contributed by atoms with E-state index in [9.17, 15) is 29.8 Å². The van der Waals surface area contributed by atoms with Crippen LogP contribution in [0, 0.1) is 20.2 Å². The first-order valence-corrected chi connectivity index (χ1v) is 11.9. The van der Waals surface area contributed by atoms with Crippen LogP contribution in [0.3, 0.4) is 0 Å². The zero-order chi connectivity index (χ0) is 28.4. The van der Waals surface area contributed by atoms with Crippen molar-refractivity contribution in [3.8, 4) is 0 Å². The highest BCUT2D eigenvalue weighted by molar-refractivity contribution is 6.05. The maximum atomic E-state index is 13.0. The van der Waals surface area contributed by atoms with Crippen LogP contribution in [0.4, 0.5) is 17.1 Å². The molecule has 12 nitrogen and oxygen atoms in total. The molecule has 0 spiro atoms. The third-order valence-corrected chi connectivity index (χ3v) is 5.63. The van der Waals surface area contributed by atoms with E-state index in [4.69, 9.17) is 0 Å². The number of non-ortho nitro benzene ring substituents is 2. The fourth-order valence-corrected chi connectivity index (χ4v) is 3.57. The van der Waals surface area contributed by atoms with Gasteiger partial charge in [-0.2, -0.15) is 5.10 Å². The van der Waals surface area contributed by atoms with Crippen LogP contribution in [0.15, 0.2) is 83.6 Å². The Labute approximate surface area is 223 Å². The molecule has 0 saturated carbocycles. The Morgan fingerprint density at radius 3 is 2.10 bits per heavy atom. The predicted molar refractivity (Wildman–Crippen MR) is 147 cm³/mol. The highest BCUT2D eigenvalue weighted by atomic mass is 16.6. The molecule has 0 aliphatic rings. The second-order valence-electron chi connectivity index (χ2n) is 8.13. The second-order valence-corrected chi connectivity index (χ2v) is 8.13. The van der Waals surface area contributed by atoms with E-state index < -0.39 is 21.7 Å². The predicted octanol–water partition coefficient (Wildman–Crippen LogP) is 4.27. The summed E-state index contributed by atoms with van der Waals surface area (Å²) < 4.78 is 0. The van der Waals surface area contributed by atoms with Gasteiger partial charge in [-0.1, -0.05) is 24.3 Å².